The van der Waals surface area contributed by atoms with Gasteiger partial charge in [-0.25, -0.2) is 4.79 Å². The molecule has 9 heteroatoms. The number of aliphatic hydroxyl groups is 3. The summed E-state index contributed by atoms with van der Waals surface area (Å²) in [5, 5.41) is 28.5. The summed E-state index contributed by atoms with van der Waals surface area (Å²) in [5.74, 6) is -0.0874. The molecular weight excluding hydrogens is 273 g/mol. The molecule has 0 bridgehead atoms. The van der Waals surface area contributed by atoms with Crippen LogP contribution in [0.4, 0.5) is 10.2 Å². The van der Waals surface area contributed by atoms with Crippen LogP contribution in [0.2, 0.25) is 0 Å². The Kier molecular flexibility index (Phi) is 4.33. The highest BCUT2D eigenvalue weighted by molar-refractivity contribution is 5.36. The molecule has 2 rings (SSSR count). The molecule has 4 atom stereocenters. The quantitative estimate of drug-likeness (QED) is 0.501. The lowest BCUT2D eigenvalue weighted by Crippen LogP contribution is -2.36. The molecule has 0 saturated carbocycles. The van der Waals surface area contributed by atoms with E-state index in [1.165, 1.54) is 6.20 Å². The number of hydrogen-bond acceptors (Lipinski definition) is 7. The number of aliphatic hydroxyl groups excluding tert-OH is 3. The topological polar surface area (TPSA) is 131 Å². The standard InChI is InChI=1S/C11H16FN3O5/c12-2-1-5-3-15(11(19)14-9(5)13)10-8(18)7(17)6(4-16)20-10/h3,6-8,10,16-18H,1-2,4H2,(H2,13,14,19)/t6-,7-,8-,10-/m1/s1. The molecule has 8 nitrogen and oxygen atoms in total. The van der Waals surface area contributed by atoms with Crippen LogP contribution < -0.4 is 11.4 Å². The van der Waals surface area contributed by atoms with Crippen molar-refractivity contribution in [2.75, 3.05) is 19.0 Å². The largest absolute Gasteiger partial charge is 0.394 e. The predicted molar refractivity (Wildman–Crippen MR) is 65.6 cm³/mol. The highest BCUT2D eigenvalue weighted by atomic mass is 19.1. The van der Waals surface area contributed by atoms with Gasteiger partial charge in [0.05, 0.1) is 13.3 Å². The molecule has 20 heavy (non-hydrogen) atoms. The van der Waals surface area contributed by atoms with Gasteiger partial charge in [0.15, 0.2) is 6.23 Å². The van der Waals surface area contributed by atoms with Gasteiger partial charge in [0.25, 0.3) is 0 Å². The summed E-state index contributed by atoms with van der Waals surface area (Å²) in [6.07, 6.45) is -3.75. The second-order valence-electron chi connectivity index (χ2n) is 4.51. The third-order valence-electron chi connectivity index (χ3n) is 3.22. The van der Waals surface area contributed by atoms with E-state index in [0.29, 0.717) is 5.56 Å². The number of alkyl halides is 1. The Labute approximate surface area is 113 Å². The molecule has 0 aliphatic carbocycles. The summed E-state index contributed by atoms with van der Waals surface area (Å²) in [7, 11) is 0. The van der Waals surface area contributed by atoms with Gasteiger partial charge in [0.1, 0.15) is 24.1 Å². The molecule has 1 saturated heterocycles. The highest BCUT2D eigenvalue weighted by Gasteiger charge is 2.43. The van der Waals surface area contributed by atoms with Crippen LogP contribution in [0.1, 0.15) is 11.8 Å². The number of halogens is 1. The molecule has 1 aromatic heterocycles. The molecule has 2 heterocycles. The van der Waals surface area contributed by atoms with Crippen LogP contribution in [0.25, 0.3) is 0 Å². The van der Waals surface area contributed by atoms with Gasteiger partial charge in [-0.05, 0) is 0 Å². The maximum atomic E-state index is 12.4. The maximum absolute atomic E-state index is 12.4. The second kappa shape index (κ2) is 5.83. The minimum absolute atomic E-state index is 0.0338. The number of nitrogens with two attached hydrogens (primary N) is 1. The third-order valence-corrected chi connectivity index (χ3v) is 3.22. The zero-order valence-corrected chi connectivity index (χ0v) is 10.5. The minimum atomic E-state index is -1.41. The van der Waals surface area contributed by atoms with Crippen molar-refractivity contribution in [2.24, 2.45) is 0 Å². The fourth-order valence-electron chi connectivity index (χ4n) is 2.11. The number of aryl methyl sites for hydroxylation is 1. The first-order valence-corrected chi connectivity index (χ1v) is 6.05. The average molecular weight is 289 g/mol. The van der Waals surface area contributed by atoms with E-state index in [1.54, 1.807) is 0 Å². The van der Waals surface area contributed by atoms with E-state index in [4.69, 9.17) is 15.6 Å². The molecule has 1 fully saturated rings. The first-order chi connectivity index (χ1) is 9.49. The van der Waals surface area contributed by atoms with Gasteiger partial charge in [-0.3, -0.25) is 8.96 Å². The van der Waals surface area contributed by atoms with E-state index in [-0.39, 0.29) is 12.2 Å². The second-order valence-corrected chi connectivity index (χ2v) is 4.51. The van der Waals surface area contributed by atoms with E-state index in [2.05, 4.69) is 4.98 Å². The van der Waals surface area contributed by atoms with E-state index in [0.717, 1.165) is 4.57 Å². The van der Waals surface area contributed by atoms with Crippen LogP contribution in [-0.2, 0) is 11.2 Å². The van der Waals surface area contributed by atoms with Gasteiger partial charge in [-0.1, -0.05) is 0 Å². The zero-order valence-electron chi connectivity index (χ0n) is 10.5. The van der Waals surface area contributed by atoms with Crippen LogP contribution >= 0.6 is 0 Å². The summed E-state index contributed by atoms with van der Waals surface area (Å²) in [6, 6.07) is 0. The molecule has 1 aliphatic rings. The van der Waals surface area contributed by atoms with Gasteiger partial charge in [0, 0.05) is 18.2 Å². The van der Waals surface area contributed by atoms with Crippen LogP contribution in [0, 0.1) is 0 Å². The number of rotatable bonds is 4. The first kappa shape index (κ1) is 14.9. The summed E-state index contributed by atoms with van der Waals surface area (Å²) in [4.78, 5) is 15.3. The van der Waals surface area contributed by atoms with Crippen molar-refractivity contribution in [3.05, 3.63) is 22.2 Å². The lowest BCUT2D eigenvalue weighted by Gasteiger charge is -2.18. The van der Waals surface area contributed by atoms with Crippen molar-refractivity contribution in [1.82, 2.24) is 9.55 Å². The van der Waals surface area contributed by atoms with Gasteiger partial charge in [-0.15, -0.1) is 0 Å². The molecule has 0 amide bonds. The maximum Gasteiger partial charge on any atom is 0.351 e. The van der Waals surface area contributed by atoms with E-state index < -0.39 is 43.5 Å². The van der Waals surface area contributed by atoms with Crippen molar-refractivity contribution < 1.29 is 24.4 Å². The molecule has 0 spiro atoms. The van der Waals surface area contributed by atoms with E-state index in [9.17, 15) is 19.4 Å². The fourth-order valence-corrected chi connectivity index (χ4v) is 2.11. The van der Waals surface area contributed by atoms with Crippen LogP contribution in [0.3, 0.4) is 0 Å². The van der Waals surface area contributed by atoms with Crippen LogP contribution in [0.5, 0.6) is 0 Å². The lowest BCUT2D eigenvalue weighted by atomic mass is 10.1. The van der Waals surface area contributed by atoms with Crippen LogP contribution in [0.15, 0.2) is 11.0 Å². The predicted octanol–water partition coefficient (Wildman–Crippen LogP) is -2.05. The van der Waals surface area contributed by atoms with Crippen molar-refractivity contribution in [1.29, 1.82) is 0 Å². The Morgan fingerprint density at radius 3 is 2.70 bits per heavy atom. The lowest BCUT2D eigenvalue weighted by molar-refractivity contribution is -0.0550. The smallest absolute Gasteiger partial charge is 0.351 e. The molecule has 112 valence electrons. The molecule has 1 aromatic rings. The number of ether oxygens (including phenoxy) is 1. The Morgan fingerprint density at radius 2 is 2.15 bits per heavy atom. The Bertz CT molecular complexity index is 537. The molecule has 0 radical (unpaired) electrons. The monoisotopic (exact) mass is 289 g/mol. The molecule has 5 N–H and O–H groups in total. The van der Waals surface area contributed by atoms with Gasteiger partial charge < -0.3 is 25.8 Å². The zero-order chi connectivity index (χ0) is 14.9. The molecular formula is C11H16FN3O5. The molecule has 1 aliphatic heterocycles. The van der Waals surface area contributed by atoms with Gasteiger partial charge in [-0.2, -0.15) is 4.98 Å². The Hall–Kier alpha value is -1.55. The summed E-state index contributed by atoms with van der Waals surface area (Å²) < 4.78 is 18.5. The van der Waals surface area contributed by atoms with Gasteiger partial charge >= 0.3 is 5.69 Å². The number of anilines is 1. The summed E-state index contributed by atoms with van der Waals surface area (Å²) in [5.41, 5.74) is 5.01. The number of nitrogens with zero attached hydrogens (tertiary/aromatic N) is 2. The highest BCUT2D eigenvalue weighted by Crippen LogP contribution is 2.28. The van der Waals surface area contributed by atoms with E-state index >= 15 is 0 Å². The Balaban J connectivity index is 2.38. The SMILES string of the molecule is Nc1nc(=O)n([C@@H]2O[C@H](CO)[C@@H](O)[C@H]2O)cc1CCF. The molecule has 0 aromatic carbocycles. The van der Waals surface area contributed by atoms with Crippen molar-refractivity contribution in [3.63, 3.8) is 0 Å². The number of aromatic nitrogens is 2. The summed E-state index contributed by atoms with van der Waals surface area (Å²) in [6.45, 7) is -1.19. The number of nitrogen functional groups attached to an aromatic ring is 1. The average Bonchev–Trinajstić information content (AvgIpc) is 2.70. The van der Waals surface area contributed by atoms with Crippen molar-refractivity contribution in [3.8, 4) is 0 Å². The fraction of sp³-hybridized carbons (Fsp3) is 0.636. The van der Waals surface area contributed by atoms with Gasteiger partial charge in [0.2, 0.25) is 0 Å². The third kappa shape index (κ3) is 2.52. The van der Waals surface area contributed by atoms with Crippen molar-refractivity contribution >= 4 is 5.82 Å². The normalized spacial score (nSPS) is 29.8. The van der Waals surface area contributed by atoms with Crippen LogP contribution in [-0.4, -0.2) is 56.5 Å². The first-order valence-electron chi connectivity index (χ1n) is 6.05. The Morgan fingerprint density at radius 1 is 1.45 bits per heavy atom. The summed E-state index contributed by atoms with van der Waals surface area (Å²) >= 11 is 0. The minimum Gasteiger partial charge on any atom is -0.394 e. The van der Waals surface area contributed by atoms with E-state index in [1.807, 2.05) is 0 Å². The molecule has 0 unspecified atom stereocenters. The van der Waals surface area contributed by atoms with Crippen molar-refractivity contribution in [2.45, 2.75) is 31.0 Å². The number of hydrogen-bond donors (Lipinski definition) is 4.